The molecule has 1 heterocycles. The lowest BCUT2D eigenvalue weighted by molar-refractivity contribution is 0.0892. The summed E-state index contributed by atoms with van der Waals surface area (Å²) in [5.74, 6) is 2.27. The van der Waals surface area contributed by atoms with Gasteiger partial charge < -0.3 is 29.0 Å². The zero-order valence-corrected chi connectivity index (χ0v) is 15.6. The summed E-state index contributed by atoms with van der Waals surface area (Å²) in [6.45, 7) is 1.98. The summed E-state index contributed by atoms with van der Waals surface area (Å²) in [5, 5.41) is 20.5. The molecule has 7 nitrogen and oxygen atoms in total. The first-order valence-electron chi connectivity index (χ1n) is 8.69. The van der Waals surface area contributed by atoms with Gasteiger partial charge in [-0.2, -0.15) is 0 Å². The first kappa shape index (κ1) is 19.0. The molecule has 7 heteroatoms. The number of aromatic nitrogens is 2. The third-order valence-corrected chi connectivity index (χ3v) is 4.22. The fourth-order valence-corrected chi connectivity index (χ4v) is 2.93. The van der Waals surface area contributed by atoms with Crippen molar-refractivity contribution in [2.24, 2.45) is 0 Å². The number of fused-ring (bicyclic) bond motifs is 1. The van der Waals surface area contributed by atoms with Gasteiger partial charge in [0.25, 0.3) is 0 Å². The van der Waals surface area contributed by atoms with Gasteiger partial charge in [-0.05, 0) is 19.1 Å². The lowest BCUT2D eigenvalue weighted by atomic mass is 10.3. The predicted octanol–water partition coefficient (Wildman–Crippen LogP) is 2.55. The average Bonchev–Trinajstić information content (AvgIpc) is 3.05. The number of rotatable bonds is 8. The van der Waals surface area contributed by atoms with Crippen LogP contribution in [0.4, 0.5) is 0 Å². The Morgan fingerprint density at radius 3 is 2.26 bits per heavy atom. The van der Waals surface area contributed by atoms with Crippen LogP contribution in [0.3, 0.4) is 0 Å². The highest BCUT2D eigenvalue weighted by molar-refractivity contribution is 5.76. The quantitative estimate of drug-likeness (QED) is 0.632. The van der Waals surface area contributed by atoms with Crippen molar-refractivity contribution in [2.45, 2.75) is 25.7 Å². The highest BCUT2D eigenvalue weighted by atomic mass is 16.5. The Morgan fingerprint density at radius 2 is 1.63 bits per heavy atom. The maximum absolute atomic E-state index is 10.5. The zero-order chi connectivity index (χ0) is 19.4. The molecule has 2 atom stereocenters. The van der Waals surface area contributed by atoms with Crippen LogP contribution >= 0.6 is 0 Å². The van der Waals surface area contributed by atoms with Crippen molar-refractivity contribution >= 4 is 11.0 Å². The fraction of sp³-hybridized carbons (Fsp3) is 0.350. The van der Waals surface area contributed by atoms with E-state index in [0.717, 1.165) is 11.0 Å². The second-order valence-corrected chi connectivity index (χ2v) is 6.26. The van der Waals surface area contributed by atoms with Gasteiger partial charge in [0.2, 0.25) is 0 Å². The maximum atomic E-state index is 10.5. The predicted molar refractivity (Wildman–Crippen MR) is 101 cm³/mol. The molecule has 0 saturated heterocycles. The normalized spacial score (nSPS) is 13.4. The van der Waals surface area contributed by atoms with E-state index in [4.69, 9.17) is 14.2 Å². The van der Waals surface area contributed by atoms with Gasteiger partial charge in [-0.3, -0.25) is 0 Å². The number of ether oxygens (including phenoxy) is 3. The van der Waals surface area contributed by atoms with Gasteiger partial charge in [-0.15, -0.1) is 0 Å². The molecule has 0 radical (unpaired) electrons. The van der Waals surface area contributed by atoms with E-state index >= 15 is 0 Å². The molecule has 0 spiro atoms. The molecule has 3 aromatic rings. The van der Waals surface area contributed by atoms with Crippen LogP contribution in [0.25, 0.3) is 11.0 Å². The van der Waals surface area contributed by atoms with E-state index in [-0.39, 0.29) is 13.2 Å². The van der Waals surface area contributed by atoms with Gasteiger partial charge in [0.05, 0.1) is 31.8 Å². The minimum Gasteiger partial charge on any atom is -0.496 e. The second kappa shape index (κ2) is 8.28. The molecule has 2 N–H and O–H groups in total. The first-order chi connectivity index (χ1) is 13.0. The van der Waals surface area contributed by atoms with E-state index in [0.29, 0.717) is 23.1 Å². The molecule has 0 aliphatic heterocycles. The smallest absolute Gasteiger partial charge is 0.138 e. The molecule has 0 bridgehead atoms. The number of aliphatic hydroxyl groups excluding tert-OH is 2. The van der Waals surface area contributed by atoms with Gasteiger partial charge in [-0.1, -0.05) is 12.1 Å². The largest absolute Gasteiger partial charge is 0.496 e. The Bertz CT molecular complexity index is 884. The Balaban J connectivity index is 1.74. The van der Waals surface area contributed by atoms with Crippen molar-refractivity contribution in [1.29, 1.82) is 0 Å². The monoisotopic (exact) mass is 372 g/mol. The SMILES string of the molecule is COc1cc(OC)cc(OC[C@@H](O)Cn2c([C@@H](C)O)nc3ccccc32)c1. The van der Waals surface area contributed by atoms with Crippen LogP contribution in [-0.2, 0) is 6.54 Å². The van der Waals surface area contributed by atoms with Crippen molar-refractivity contribution in [3.63, 3.8) is 0 Å². The number of methoxy groups -OCH3 is 2. The van der Waals surface area contributed by atoms with E-state index in [2.05, 4.69) is 4.98 Å². The van der Waals surface area contributed by atoms with Crippen molar-refractivity contribution < 1.29 is 24.4 Å². The molecule has 27 heavy (non-hydrogen) atoms. The van der Waals surface area contributed by atoms with Gasteiger partial charge in [0.15, 0.2) is 0 Å². The van der Waals surface area contributed by atoms with Crippen LogP contribution in [0.15, 0.2) is 42.5 Å². The van der Waals surface area contributed by atoms with Gasteiger partial charge in [0, 0.05) is 18.2 Å². The summed E-state index contributed by atoms with van der Waals surface area (Å²) in [7, 11) is 3.13. The Labute approximate surface area is 157 Å². The highest BCUT2D eigenvalue weighted by Crippen LogP contribution is 2.27. The third-order valence-electron chi connectivity index (χ3n) is 4.22. The molecular formula is C20H24N2O5. The van der Waals surface area contributed by atoms with E-state index in [9.17, 15) is 10.2 Å². The Hall–Kier alpha value is -2.77. The van der Waals surface area contributed by atoms with Crippen molar-refractivity contribution in [3.05, 3.63) is 48.3 Å². The number of imidazole rings is 1. The third kappa shape index (κ3) is 4.32. The minimum atomic E-state index is -0.794. The summed E-state index contributed by atoms with van der Waals surface area (Å²) < 4.78 is 18.0. The second-order valence-electron chi connectivity index (χ2n) is 6.26. The van der Waals surface area contributed by atoms with Crippen molar-refractivity contribution in [2.75, 3.05) is 20.8 Å². The number of nitrogens with zero attached hydrogens (tertiary/aromatic N) is 2. The van der Waals surface area contributed by atoms with Crippen LogP contribution in [0, 0.1) is 0 Å². The minimum absolute atomic E-state index is 0.0715. The van der Waals surface area contributed by atoms with Crippen molar-refractivity contribution in [1.82, 2.24) is 9.55 Å². The molecule has 0 saturated carbocycles. The van der Waals surface area contributed by atoms with E-state index in [1.165, 1.54) is 0 Å². The van der Waals surface area contributed by atoms with E-state index < -0.39 is 12.2 Å². The van der Waals surface area contributed by atoms with E-state index in [1.807, 2.05) is 28.8 Å². The van der Waals surface area contributed by atoms with Crippen LogP contribution in [0.2, 0.25) is 0 Å². The Kier molecular flexibility index (Phi) is 5.83. The number of aliphatic hydroxyl groups is 2. The molecule has 2 aromatic carbocycles. The molecule has 1 aromatic heterocycles. The zero-order valence-electron chi connectivity index (χ0n) is 15.6. The molecule has 0 amide bonds. The lowest BCUT2D eigenvalue weighted by Gasteiger charge is -2.17. The van der Waals surface area contributed by atoms with Crippen molar-refractivity contribution in [3.8, 4) is 17.2 Å². The fourth-order valence-electron chi connectivity index (χ4n) is 2.93. The standard InChI is InChI=1S/C20H24N2O5/c1-13(23)20-21-18-6-4-5-7-19(18)22(20)11-14(24)12-27-17-9-15(25-2)8-16(10-17)26-3/h4-10,13-14,23-24H,11-12H2,1-3H3/t13-,14+/m1/s1. The molecule has 144 valence electrons. The molecule has 0 unspecified atom stereocenters. The molecule has 0 fully saturated rings. The van der Waals surface area contributed by atoms with Gasteiger partial charge in [0.1, 0.15) is 41.9 Å². The average molecular weight is 372 g/mol. The van der Waals surface area contributed by atoms with Crippen LogP contribution in [0.1, 0.15) is 18.9 Å². The van der Waals surface area contributed by atoms with Crippen LogP contribution in [-0.4, -0.2) is 46.7 Å². The number of hydrogen-bond acceptors (Lipinski definition) is 6. The molecule has 0 aliphatic rings. The van der Waals surface area contributed by atoms with Gasteiger partial charge in [-0.25, -0.2) is 4.98 Å². The topological polar surface area (TPSA) is 86.0 Å². The van der Waals surface area contributed by atoms with Gasteiger partial charge >= 0.3 is 0 Å². The first-order valence-corrected chi connectivity index (χ1v) is 8.69. The summed E-state index contributed by atoms with van der Waals surface area (Å²) in [4.78, 5) is 4.46. The molecular weight excluding hydrogens is 348 g/mol. The molecule has 0 aliphatic carbocycles. The maximum Gasteiger partial charge on any atom is 0.138 e. The number of para-hydroxylation sites is 2. The van der Waals surface area contributed by atoms with Crippen LogP contribution in [0.5, 0.6) is 17.2 Å². The summed E-state index contributed by atoms with van der Waals surface area (Å²) >= 11 is 0. The van der Waals surface area contributed by atoms with E-state index in [1.54, 1.807) is 39.3 Å². The summed E-state index contributed by atoms with van der Waals surface area (Å²) in [6.07, 6.45) is -1.54. The number of benzene rings is 2. The highest BCUT2D eigenvalue weighted by Gasteiger charge is 2.17. The number of hydrogen-bond donors (Lipinski definition) is 2. The summed E-state index contributed by atoms with van der Waals surface area (Å²) in [5.41, 5.74) is 1.63. The summed E-state index contributed by atoms with van der Waals surface area (Å²) in [6, 6.07) is 12.8. The Morgan fingerprint density at radius 1 is 1.00 bits per heavy atom. The molecule has 3 rings (SSSR count). The van der Waals surface area contributed by atoms with Crippen LogP contribution < -0.4 is 14.2 Å². The lowest BCUT2D eigenvalue weighted by Crippen LogP contribution is -2.25.